The predicted octanol–water partition coefficient (Wildman–Crippen LogP) is 4.77. The highest BCUT2D eigenvalue weighted by atomic mass is 16.5. The van der Waals surface area contributed by atoms with Crippen LogP contribution in [0.25, 0.3) is 6.08 Å². The number of amides is 1. The molecule has 1 aliphatic rings. The van der Waals surface area contributed by atoms with Crippen LogP contribution in [0.15, 0.2) is 53.2 Å². The van der Waals surface area contributed by atoms with Gasteiger partial charge in [-0.25, -0.2) is 4.79 Å². The Hall–Kier alpha value is -3.94. The molecule has 8 heteroatoms. The van der Waals surface area contributed by atoms with Gasteiger partial charge in [0.25, 0.3) is 5.91 Å². The highest BCUT2D eigenvalue weighted by molar-refractivity contribution is 6.23. The quantitative estimate of drug-likeness (QED) is 0.357. The Morgan fingerprint density at radius 3 is 2.26 bits per heavy atom. The van der Waals surface area contributed by atoms with Crippen molar-refractivity contribution in [1.29, 1.82) is 0 Å². The lowest BCUT2D eigenvalue weighted by Gasteiger charge is -2.19. The molecule has 35 heavy (non-hydrogen) atoms. The summed E-state index contributed by atoms with van der Waals surface area (Å²) in [5, 5.41) is 0. The Morgan fingerprint density at radius 1 is 0.914 bits per heavy atom. The van der Waals surface area contributed by atoms with E-state index in [4.69, 9.17) is 23.7 Å². The van der Waals surface area contributed by atoms with E-state index in [0.29, 0.717) is 53.2 Å². The summed E-state index contributed by atoms with van der Waals surface area (Å²) in [7, 11) is 4.34. The molecule has 2 aromatic rings. The Balaban J connectivity index is 2.09. The van der Waals surface area contributed by atoms with Gasteiger partial charge in [-0.3, -0.25) is 9.69 Å². The third kappa shape index (κ3) is 5.26. The maximum atomic E-state index is 13.6. The van der Waals surface area contributed by atoms with E-state index in [0.717, 1.165) is 6.42 Å². The molecule has 0 aliphatic carbocycles. The molecule has 0 fully saturated rings. The molecular weight excluding hydrogens is 450 g/mol. The normalized spacial score (nSPS) is 14.4. The molecule has 8 nitrogen and oxygen atoms in total. The SMILES string of the molecule is CCCOc1ccc(/C=C2\C(=O)N(c3ccc(OC)c(OC)c3)C(C)=C2C(=O)OC)cc1OCC. The third-order valence-electron chi connectivity index (χ3n) is 5.46. The fourth-order valence-corrected chi connectivity index (χ4v) is 3.84. The van der Waals surface area contributed by atoms with Crippen LogP contribution in [0.1, 0.15) is 32.8 Å². The second-order valence-electron chi connectivity index (χ2n) is 7.68. The van der Waals surface area contributed by atoms with Gasteiger partial charge in [-0.05, 0) is 56.2 Å². The van der Waals surface area contributed by atoms with E-state index in [9.17, 15) is 9.59 Å². The van der Waals surface area contributed by atoms with Gasteiger partial charge >= 0.3 is 5.97 Å². The topological polar surface area (TPSA) is 83.5 Å². The van der Waals surface area contributed by atoms with Crippen molar-refractivity contribution in [1.82, 2.24) is 0 Å². The number of carbonyl (C=O) groups excluding carboxylic acids is 2. The fraction of sp³-hybridized carbons (Fsp3) is 0.333. The number of anilines is 1. The summed E-state index contributed by atoms with van der Waals surface area (Å²) in [4.78, 5) is 27.8. The minimum absolute atomic E-state index is 0.191. The molecule has 186 valence electrons. The van der Waals surface area contributed by atoms with Gasteiger partial charge in [-0.15, -0.1) is 0 Å². The second kappa shape index (κ2) is 11.5. The lowest BCUT2D eigenvalue weighted by atomic mass is 10.0. The lowest BCUT2D eigenvalue weighted by Crippen LogP contribution is -2.24. The van der Waals surface area contributed by atoms with Crippen LogP contribution in [-0.4, -0.2) is 46.4 Å². The van der Waals surface area contributed by atoms with Crippen molar-refractivity contribution in [2.75, 3.05) is 39.4 Å². The fourth-order valence-electron chi connectivity index (χ4n) is 3.84. The molecule has 1 amide bonds. The van der Waals surface area contributed by atoms with Crippen LogP contribution >= 0.6 is 0 Å². The van der Waals surface area contributed by atoms with Crippen molar-refractivity contribution in [3.05, 3.63) is 58.8 Å². The van der Waals surface area contributed by atoms with Crippen molar-refractivity contribution in [3.8, 4) is 23.0 Å². The van der Waals surface area contributed by atoms with E-state index in [2.05, 4.69) is 0 Å². The largest absolute Gasteiger partial charge is 0.493 e. The van der Waals surface area contributed by atoms with Gasteiger partial charge in [-0.2, -0.15) is 0 Å². The first-order chi connectivity index (χ1) is 16.9. The molecule has 0 N–H and O–H groups in total. The van der Waals surface area contributed by atoms with Crippen LogP contribution in [0.4, 0.5) is 5.69 Å². The Bertz CT molecular complexity index is 1170. The standard InChI is InChI=1S/C27H31NO7/c1-7-13-35-22-11-9-18(15-24(22)34-8-2)14-20-25(27(30)33-6)17(3)28(26(20)29)19-10-12-21(31-4)23(16-19)32-5/h9-12,14-16H,7-8,13H2,1-6H3/b20-14-. The van der Waals surface area contributed by atoms with Gasteiger partial charge in [-0.1, -0.05) is 13.0 Å². The number of benzene rings is 2. The zero-order chi connectivity index (χ0) is 25.5. The van der Waals surface area contributed by atoms with E-state index >= 15 is 0 Å². The Kier molecular flexibility index (Phi) is 8.41. The minimum atomic E-state index is -0.599. The van der Waals surface area contributed by atoms with Crippen molar-refractivity contribution in [3.63, 3.8) is 0 Å². The first-order valence-electron chi connectivity index (χ1n) is 11.4. The molecule has 0 atom stereocenters. The zero-order valence-electron chi connectivity index (χ0n) is 21.0. The number of hydrogen-bond donors (Lipinski definition) is 0. The summed E-state index contributed by atoms with van der Waals surface area (Å²) in [6.07, 6.45) is 2.52. The average molecular weight is 482 g/mol. The van der Waals surface area contributed by atoms with Crippen molar-refractivity contribution < 1.29 is 33.3 Å². The Morgan fingerprint density at radius 2 is 1.63 bits per heavy atom. The number of carbonyl (C=O) groups is 2. The van der Waals surface area contributed by atoms with Crippen molar-refractivity contribution in [2.45, 2.75) is 27.2 Å². The third-order valence-corrected chi connectivity index (χ3v) is 5.46. The summed E-state index contributed by atoms with van der Waals surface area (Å²) in [6, 6.07) is 10.5. The smallest absolute Gasteiger partial charge is 0.340 e. The van der Waals surface area contributed by atoms with Gasteiger partial charge < -0.3 is 23.7 Å². The van der Waals surface area contributed by atoms with Crippen LogP contribution in [0.2, 0.25) is 0 Å². The Labute approximate surface area is 205 Å². The number of nitrogens with zero attached hydrogens (tertiary/aromatic N) is 1. The van der Waals surface area contributed by atoms with Crippen molar-refractivity contribution >= 4 is 23.6 Å². The van der Waals surface area contributed by atoms with Gasteiger partial charge in [0.2, 0.25) is 0 Å². The number of hydrogen-bond acceptors (Lipinski definition) is 7. The molecule has 0 unspecified atom stereocenters. The van der Waals surface area contributed by atoms with Crippen molar-refractivity contribution in [2.24, 2.45) is 0 Å². The summed E-state index contributed by atoms with van der Waals surface area (Å²) >= 11 is 0. The predicted molar refractivity (Wildman–Crippen MR) is 133 cm³/mol. The first kappa shape index (κ1) is 25.7. The molecule has 3 rings (SSSR count). The van der Waals surface area contributed by atoms with Gasteiger partial charge in [0, 0.05) is 11.8 Å². The number of esters is 1. The monoisotopic (exact) mass is 481 g/mol. The number of ether oxygens (including phenoxy) is 5. The molecule has 0 spiro atoms. The van der Waals surface area contributed by atoms with Gasteiger partial charge in [0.1, 0.15) is 0 Å². The summed E-state index contributed by atoms with van der Waals surface area (Å²) in [6.45, 7) is 6.64. The van der Waals surface area contributed by atoms with E-state index < -0.39 is 5.97 Å². The van der Waals surface area contributed by atoms with Gasteiger partial charge in [0.15, 0.2) is 23.0 Å². The highest BCUT2D eigenvalue weighted by Crippen LogP contribution is 2.39. The van der Waals surface area contributed by atoms with Crippen LogP contribution in [0, 0.1) is 0 Å². The zero-order valence-corrected chi connectivity index (χ0v) is 21.0. The van der Waals surface area contributed by atoms with Crippen LogP contribution < -0.4 is 23.8 Å². The lowest BCUT2D eigenvalue weighted by molar-refractivity contribution is -0.136. The number of methoxy groups -OCH3 is 3. The van der Waals surface area contributed by atoms with Crippen LogP contribution in [0.3, 0.4) is 0 Å². The van der Waals surface area contributed by atoms with Crippen LogP contribution in [-0.2, 0) is 14.3 Å². The molecule has 1 heterocycles. The minimum Gasteiger partial charge on any atom is -0.493 e. The molecule has 0 saturated heterocycles. The van der Waals surface area contributed by atoms with E-state index in [1.165, 1.54) is 26.2 Å². The molecule has 0 radical (unpaired) electrons. The second-order valence-corrected chi connectivity index (χ2v) is 7.68. The van der Waals surface area contributed by atoms with E-state index in [1.54, 1.807) is 43.3 Å². The maximum Gasteiger partial charge on any atom is 0.340 e. The summed E-state index contributed by atoms with van der Waals surface area (Å²) in [5.41, 5.74) is 2.08. The van der Waals surface area contributed by atoms with E-state index in [1.807, 2.05) is 19.9 Å². The summed E-state index contributed by atoms with van der Waals surface area (Å²) in [5.74, 6) is 1.23. The van der Waals surface area contributed by atoms with E-state index in [-0.39, 0.29) is 17.1 Å². The molecule has 1 aliphatic heterocycles. The highest BCUT2D eigenvalue weighted by Gasteiger charge is 2.38. The molecule has 0 saturated carbocycles. The molecular formula is C27H31NO7. The van der Waals surface area contributed by atoms with Crippen LogP contribution in [0.5, 0.6) is 23.0 Å². The van der Waals surface area contributed by atoms with Gasteiger partial charge in [0.05, 0.1) is 51.4 Å². The molecule has 0 aromatic heterocycles. The number of allylic oxidation sites excluding steroid dienone is 1. The molecule has 2 aromatic carbocycles. The average Bonchev–Trinajstić information content (AvgIpc) is 3.11. The molecule has 0 bridgehead atoms. The summed E-state index contributed by atoms with van der Waals surface area (Å²) < 4.78 is 27.2. The maximum absolute atomic E-state index is 13.6. The first-order valence-corrected chi connectivity index (χ1v) is 11.4. The number of rotatable bonds is 10.